The van der Waals surface area contributed by atoms with E-state index in [-0.39, 0.29) is 5.41 Å². The van der Waals surface area contributed by atoms with Crippen molar-refractivity contribution in [2.75, 3.05) is 0 Å². The van der Waals surface area contributed by atoms with Crippen LogP contribution in [-0.4, -0.2) is 9.97 Å². The van der Waals surface area contributed by atoms with Crippen molar-refractivity contribution in [2.45, 2.75) is 33.1 Å². The van der Waals surface area contributed by atoms with E-state index in [2.05, 4.69) is 87.5 Å². The molecule has 2 heterocycles. The Morgan fingerprint density at radius 1 is 0.778 bits per heavy atom. The first kappa shape index (κ1) is 17.4. The fourth-order valence-electron chi connectivity index (χ4n) is 3.39. The molecule has 134 valence electrons. The van der Waals surface area contributed by atoms with Crippen LogP contribution in [0.1, 0.15) is 32.0 Å². The Kier molecular flexibility index (Phi) is 4.27. The third kappa shape index (κ3) is 3.48. The van der Waals surface area contributed by atoms with Crippen molar-refractivity contribution < 1.29 is 0 Å². The lowest BCUT2D eigenvalue weighted by molar-refractivity contribution is 0.587. The molecule has 0 aliphatic carbocycles. The third-order valence-electron chi connectivity index (χ3n) is 4.93. The number of hydrogen-bond donors (Lipinski definition) is 0. The Hall–Kier alpha value is -3.00. The van der Waals surface area contributed by atoms with Gasteiger partial charge in [-0.15, -0.1) is 0 Å². The topological polar surface area (TPSA) is 25.8 Å². The minimum atomic E-state index is 0.109. The molecule has 4 aromatic rings. The highest BCUT2D eigenvalue weighted by atomic mass is 14.7. The minimum absolute atomic E-state index is 0.109. The lowest BCUT2D eigenvalue weighted by Gasteiger charge is -2.18. The van der Waals surface area contributed by atoms with Gasteiger partial charge in [0, 0.05) is 28.4 Å². The quantitative estimate of drug-likeness (QED) is 0.408. The summed E-state index contributed by atoms with van der Waals surface area (Å²) < 4.78 is 0. The molecule has 2 aromatic carbocycles. The maximum absolute atomic E-state index is 4.83. The second kappa shape index (κ2) is 6.62. The molecule has 0 saturated carbocycles. The van der Waals surface area contributed by atoms with E-state index in [0.717, 1.165) is 28.2 Å². The molecular formula is C25H24N2. The van der Waals surface area contributed by atoms with Crippen LogP contribution in [0, 0.1) is 6.92 Å². The summed E-state index contributed by atoms with van der Waals surface area (Å²) in [6, 6.07) is 23.4. The molecule has 2 heteroatoms. The number of fused-ring (bicyclic) bond motifs is 1. The van der Waals surface area contributed by atoms with Crippen molar-refractivity contribution in [3.05, 3.63) is 84.2 Å². The Morgan fingerprint density at radius 2 is 1.56 bits per heavy atom. The van der Waals surface area contributed by atoms with Crippen molar-refractivity contribution >= 4 is 10.8 Å². The monoisotopic (exact) mass is 352 g/mol. The van der Waals surface area contributed by atoms with Gasteiger partial charge >= 0.3 is 0 Å². The van der Waals surface area contributed by atoms with Gasteiger partial charge in [0.05, 0.1) is 11.4 Å². The third-order valence-corrected chi connectivity index (χ3v) is 4.93. The van der Waals surface area contributed by atoms with Gasteiger partial charge < -0.3 is 0 Å². The average molecular weight is 352 g/mol. The van der Waals surface area contributed by atoms with Crippen LogP contribution in [0.3, 0.4) is 0 Å². The van der Waals surface area contributed by atoms with Crippen LogP contribution in [0.2, 0.25) is 0 Å². The lowest BCUT2D eigenvalue weighted by Crippen LogP contribution is -2.11. The largest absolute Gasteiger partial charge is 0.256 e. The summed E-state index contributed by atoms with van der Waals surface area (Å²) in [4.78, 5) is 9.54. The van der Waals surface area contributed by atoms with Crippen LogP contribution < -0.4 is 0 Å². The zero-order valence-corrected chi connectivity index (χ0v) is 16.3. The van der Waals surface area contributed by atoms with E-state index in [9.17, 15) is 0 Å². The summed E-state index contributed by atoms with van der Waals surface area (Å²) in [5.41, 5.74) is 6.63. The number of nitrogens with zero attached hydrogens (tertiary/aromatic N) is 2. The van der Waals surface area contributed by atoms with E-state index in [1.165, 1.54) is 16.3 Å². The number of pyridine rings is 2. The van der Waals surface area contributed by atoms with Gasteiger partial charge in [0.15, 0.2) is 0 Å². The molecule has 0 saturated heterocycles. The second-order valence-electron chi connectivity index (χ2n) is 8.10. The Bertz CT molecular complexity index is 1100. The molecule has 0 atom stereocenters. The SMILES string of the molecule is Cc1cc2ccccc2c(-c2cccc(-c3ccc(C(C)(C)C)cn3)c2)n1. The summed E-state index contributed by atoms with van der Waals surface area (Å²) in [5, 5.41) is 2.40. The molecule has 0 fully saturated rings. The first-order valence-corrected chi connectivity index (χ1v) is 9.35. The molecule has 0 radical (unpaired) electrons. The molecule has 0 bridgehead atoms. The molecular weight excluding hydrogens is 328 g/mol. The van der Waals surface area contributed by atoms with E-state index in [1.54, 1.807) is 0 Å². The van der Waals surface area contributed by atoms with Crippen LogP contribution in [0.4, 0.5) is 0 Å². The summed E-state index contributed by atoms with van der Waals surface area (Å²) in [6.45, 7) is 8.67. The first-order valence-electron chi connectivity index (χ1n) is 9.35. The van der Waals surface area contributed by atoms with Crippen molar-refractivity contribution in [2.24, 2.45) is 0 Å². The molecule has 4 rings (SSSR count). The Morgan fingerprint density at radius 3 is 2.30 bits per heavy atom. The second-order valence-corrected chi connectivity index (χ2v) is 8.10. The highest BCUT2D eigenvalue weighted by Crippen LogP contribution is 2.31. The summed E-state index contributed by atoms with van der Waals surface area (Å²) in [5.74, 6) is 0. The molecule has 0 spiro atoms. The summed E-state index contributed by atoms with van der Waals surface area (Å²) in [7, 11) is 0. The normalized spacial score (nSPS) is 11.7. The van der Waals surface area contributed by atoms with Crippen molar-refractivity contribution in [1.82, 2.24) is 9.97 Å². The molecule has 27 heavy (non-hydrogen) atoms. The van der Waals surface area contributed by atoms with Crippen molar-refractivity contribution in [3.8, 4) is 22.5 Å². The Balaban J connectivity index is 1.80. The van der Waals surface area contributed by atoms with Gasteiger partial charge in [-0.1, -0.05) is 69.3 Å². The smallest absolute Gasteiger partial charge is 0.0783 e. The number of aromatic nitrogens is 2. The predicted molar refractivity (Wildman–Crippen MR) is 114 cm³/mol. The van der Waals surface area contributed by atoms with Crippen molar-refractivity contribution in [3.63, 3.8) is 0 Å². The van der Waals surface area contributed by atoms with E-state index in [1.807, 2.05) is 13.1 Å². The zero-order valence-electron chi connectivity index (χ0n) is 16.3. The van der Waals surface area contributed by atoms with Crippen LogP contribution in [0.5, 0.6) is 0 Å². The van der Waals surface area contributed by atoms with Crippen LogP contribution in [0.15, 0.2) is 72.9 Å². The highest BCUT2D eigenvalue weighted by Gasteiger charge is 2.14. The first-order chi connectivity index (χ1) is 12.9. The minimum Gasteiger partial charge on any atom is -0.256 e. The number of aryl methyl sites for hydroxylation is 1. The lowest BCUT2D eigenvalue weighted by atomic mass is 9.88. The summed E-state index contributed by atoms with van der Waals surface area (Å²) in [6.07, 6.45) is 1.99. The van der Waals surface area contributed by atoms with Gasteiger partial charge in [-0.2, -0.15) is 0 Å². The van der Waals surface area contributed by atoms with Gasteiger partial charge in [0.25, 0.3) is 0 Å². The molecule has 2 nitrogen and oxygen atoms in total. The predicted octanol–water partition coefficient (Wildman–Crippen LogP) is 6.57. The van der Waals surface area contributed by atoms with E-state index >= 15 is 0 Å². The van der Waals surface area contributed by atoms with Gasteiger partial charge in [-0.3, -0.25) is 9.97 Å². The van der Waals surface area contributed by atoms with Crippen LogP contribution in [-0.2, 0) is 5.41 Å². The van der Waals surface area contributed by atoms with E-state index in [0.29, 0.717) is 0 Å². The highest BCUT2D eigenvalue weighted by molar-refractivity contribution is 5.95. The fourth-order valence-corrected chi connectivity index (χ4v) is 3.39. The van der Waals surface area contributed by atoms with Gasteiger partial charge in [0.1, 0.15) is 0 Å². The zero-order chi connectivity index (χ0) is 19.0. The number of benzene rings is 2. The average Bonchev–Trinajstić information content (AvgIpc) is 2.67. The Labute approximate surface area is 160 Å². The standard InChI is InChI=1S/C25H24N2/c1-17-14-18-8-5-6-11-22(18)24(27-17)20-10-7-9-19(15-20)23-13-12-21(16-26-23)25(2,3)4/h5-16H,1-4H3. The van der Waals surface area contributed by atoms with Gasteiger partial charge in [-0.05, 0) is 41.5 Å². The van der Waals surface area contributed by atoms with Crippen LogP contribution in [0.25, 0.3) is 33.3 Å². The van der Waals surface area contributed by atoms with Gasteiger partial charge in [-0.25, -0.2) is 0 Å². The molecule has 0 unspecified atom stereocenters. The van der Waals surface area contributed by atoms with Crippen molar-refractivity contribution in [1.29, 1.82) is 0 Å². The maximum Gasteiger partial charge on any atom is 0.0783 e. The molecule has 0 N–H and O–H groups in total. The van der Waals surface area contributed by atoms with E-state index < -0.39 is 0 Å². The van der Waals surface area contributed by atoms with Gasteiger partial charge in [0.2, 0.25) is 0 Å². The molecule has 0 aliphatic heterocycles. The number of hydrogen-bond acceptors (Lipinski definition) is 2. The molecule has 0 amide bonds. The molecule has 2 aromatic heterocycles. The number of rotatable bonds is 2. The van der Waals surface area contributed by atoms with Crippen LogP contribution >= 0.6 is 0 Å². The maximum atomic E-state index is 4.83. The fraction of sp³-hybridized carbons (Fsp3) is 0.200. The van der Waals surface area contributed by atoms with E-state index in [4.69, 9.17) is 9.97 Å². The molecule has 0 aliphatic rings. The summed E-state index contributed by atoms with van der Waals surface area (Å²) >= 11 is 0.